The van der Waals surface area contributed by atoms with Gasteiger partial charge in [0.1, 0.15) is 11.9 Å². The van der Waals surface area contributed by atoms with Crippen molar-refractivity contribution in [3.05, 3.63) is 59.9 Å². The number of ether oxygens (including phenoxy) is 1. The lowest BCUT2D eigenvalue weighted by molar-refractivity contribution is 0.0959. The Hall–Kier alpha value is -4.22. The predicted molar refractivity (Wildman–Crippen MR) is 109 cm³/mol. The van der Waals surface area contributed by atoms with Gasteiger partial charge in [0.15, 0.2) is 17.5 Å². The van der Waals surface area contributed by atoms with Crippen LogP contribution < -0.4 is 20.7 Å². The molecule has 4 rings (SSSR count). The first-order valence-electron chi connectivity index (χ1n) is 9.54. The van der Waals surface area contributed by atoms with Crippen LogP contribution in [0.4, 0.5) is 30.8 Å². The van der Waals surface area contributed by atoms with E-state index in [4.69, 9.17) is 4.74 Å². The third-order valence-electron chi connectivity index (χ3n) is 4.55. The van der Waals surface area contributed by atoms with Crippen LogP contribution in [0.3, 0.4) is 0 Å². The van der Waals surface area contributed by atoms with Gasteiger partial charge in [0.25, 0.3) is 11.8 Å². The number of carbonyl (C=O) groups excluding carboxylic acids is 2. The first-order chi connectivity index (χ1) is 15.5. The van der Waals surface area contributed by atoms with Crippen molar-refractivity contribution >= 4 is 29.2 Å². The van der Waals surface area contributed by atoms with Crippen molar-refractivity contribution < 1.29 is 23.1 Å². The number of carbonyl (C=O) groups is 2. The van der Waals surface area contributed by atoms with Crippen molar-refractivity contribution in [3.63, 3.8) is 0 Å². The second-order valence-electron chi connectivity index (χ2n) is 6.85. The summed E-state index contributed by atoms with van der Waals surface area (Å²) in [6, 6.07) is 1.84. The molecule has 1 fully saturated rings. The fourth-order valence-electron chi connectivity index (χ4n) is 2.84. The molecule has 2 heterocycles. The molecule has 3 N–H and O–H groups in total. The highest BCUT2D eigenvalue weighted by molar-refractivity contribution is 6.03. The maximum atomic E-state index is 14.2. The summed E-state index contributed by atoms with van der Waals surface area (Å²) in [7, 11) is 1.25. The molecule has 1 aliphatic carbocycles. The molecule has 12 heteroatoms. The number of amides is 2. The van der Waals surface area contributed by atoms with Gasteiger partial charge in [0.05, 0.1) is 35.7 Å². The highest BCUT2D eigenvalue weighted by atomic mass is 19.2. The quantitative estimate of drug-likeness (QED) is 0.532. The Morgan fingerprint density at radius 2 is 1.88 bits per heavy atom. The van der Waals surface area contributed by atoms with Gasteiger partial charge in [-0.15, -0.1) is 0 Å². The molecule has 1 saturated carbocycles. The van der Waals surface area contributed by atoms with Crippen LogP contribution in [0, 0.1) is 11.6 Å². The number of nitrogens with one attached hydrogen (secondary N) is 3. The molecule has 0 unspecified atom stereocenters. The summed E-state index contributed by atoms with van der Waals surface area (Å²) in [5, 5.41) is 7.35. The maximum absolute atomic E-state index is 14.2. The van der Waals surface area contributed by atoms with Gasteiger partial charge in [-0.3, -0.25) is 10.1 Å². The zero-order valence-corrected chi connectivity index (χ0v) is 16.7. The van der Waals surface area contributed by atoms with Gasteiger partial charge in [0, 0.05) is 13.0 Å². The summed E-state index contributed by atoms with van der Waals surface area (Å²) in [6.45, 7) is 0. The highest BCUT2D eigenvalue weighted by Gasteiger charge is 2.28. The Morgan fingerprint density at radius 3 is 2.56 bits per heavy atom. The zero-order chi connectivity index (χ0) is 22.7. The molecule has 1 aliphatic rings. The van der Waals surface area contributed by atoms with Crippen molar-refractivity contribution in [1.82, 2.24) is 25.3 Å². The Kier molecular flexibility index (Phi) is 5.83. The van der Waals surface area contributed by atoms with Gasteiger partial charge in [-0.1, -0.05) is 0 Å². The molecular weight excluding hydrogens is 424 g/mol. The van der Waals surface area contributed by atoms with Crippen LogP contribution in [0.25, 0.3) is 0 Å². The number of hydrogen-bond donors (Lipinski definition) is 3. The van der Waals surface area contributed by atoms with Crippen LogP contribution in [-0.2, 0) is 0 Å². The summed E-state index contributed by atoms with van der Waals surface area (Å²) in [4.78, 5) is 40.9. The molecule has 32 heavy (non-hydrogen) atoms. The SMILES string of the molecule is CNC(=O)c1c(NC(=O)Oc2nc(C3CC3)cnc2Nc2cncnc2)ccc(F)c1F. The maximum Gasteiger partial charge on any atom is 0.418 e. The van der Waals surface area contributed by atoms with E-state index in [1.807, 2.05) is 0 Å². The van der Waals surface area contributed by atoms with Gasteiger partial charge >= 0.3 is 6.09 Å². The molecule has 0 atom stereocenters. The van der Waals surface area contributed by atoms with Crippen LogP contribution in [0.15, 0.2) is 37.1 Å². The Bertz CT molecular complexity index is 1170. The smallest absolute Gasteiger partial charge is 0.387 e. The largest absolute Gasteiger partial charge is 0.418 e. The van der Waals surface area contributed by atoms with Crippen molar-refractivity contribution in [3.8, 4) is 5.88 Å². The minimum Gasteiger partial charge on any atom is -0.387 e. The summed E-state index contributed by atoms with van der Waals surface area (Å²) in [5.41, 5.74) is 0.197. The van der Waals surface area contributed by atoms with Crippen LogP contribution in [-0.4, -0.2) is 39.0 Å². The molecule has 2 aromatic heterocycles. The number of aromatic nitrogens is 4. The van der Waals surface area contributed by atoms with Gasteiger partial charge in [-0.2, -0.15) is 0 Å². The van der Waals surface area contributed by atoms with Crippen molar-refractivity contribution in [2.45, 2.75) is 18.8 Å². The van der Waals surface area contributed by atoms with Gasteiger partial charge in [0.2, 0.25) is 0 Å². The fourth-order valence-corrected chi connectivity index (χ4v) is 2.84. The molecule has 10 nitrogen and oxygen atoms in total. The lowest BCUT2D eigenvalue weighted by Gasteiger charge is -2.14. The average Bonchev–Trinajstić information content (AvgIpc) is 3.63. The lowest BCUT2D eigenvalue weighted by Crippen LogP contribution is -2.25. The van der Waals surface area contributed by atoms with E-state index in [1.54, 1.807) is 6.20 Å². The molecule has 0 aliphatic heterocycles. The summed E-state index contributed by atoms with van der Waals surface area (Å²) in [6.07, 6.45) is 6.73. The summed E-state index contributed by atoms with van der Waals surface area (Å²) in [5.74, 6) is -3.34. The second-order valence-corrected chi connectivity index (χ2v) is 6.85. The number of anilines is 3. The Morgan fingerprint density at radius 1 is 1.12 bits per heavy atom. The van der Waals surface area contributed by atoms with Crippen molar-refractivity contribution in [2.24, 2.45) is 0 Å². The van der Waals surface area contributed by atoms with Gasteiger partial charge < -0.3 is 15.4 Å². The van der Waals surface area contributed by atoms with E-state index in [-0.39, 0.29) is 23.3 Å². The number of benzene rings is 1. The van der Waals surface area contributed by atoms with Crippen LogP contribution in [0.1, 0.15) is 34.8 Å². The van der Waals surface area contributed by atoms with Gasteiger partial charge in [-0.05, 0) is 25.0 Å². The van der Waals surface area contributed by atoms with E-state index < -0.39 is 29.2 Å². The average molecular weight is 441 g/mol. The van der Waals surface area contributed by atoms with Crippen LogP contribution in [0.2, 0.25) is 0 Å². The normalized spacial score (nSPS) is 12.7. The third-order valence-corrected chi connectivity index (χ3v) is 4.55. The van der Waals surface area contributed by atoms with E-state index in [0.29, 0.717) is 11.4 Å². The molecule has 0 saturated heterocycles. The van der Waals surface area contributed by atoms with E-state index >= 15 is 0 Å². The summed E-state index contributed by atoms with van der Waals surface area (Å²) >= 11 is 0. The third kappa shape index (κ3) is 4.58. The zero-order valence-electron chi connectivity index (χ0n) is 16.7. The number of hydrogen-bond acceptors (Lipinski definition) is 8. The van der Waals surface area contributed by atoms with E-state index in [2.05, 4.69) is 35.9 Å². The molecule has 0 spiro atoms. The fraction of sp³-hybridized carbons (Fsp3) is 0.200. The molecule has 2 amide bonds. The van der Waals surface area contributed by atoms with Crippen LogP contribution in [0.5, 0.6) is 5.88 Å². The Labute approximate surface area is 180 Å². The van der Waals surface area contributed by atoms with Gasteiger partial charge in [-0.25, -0.2) is 33.5 Å². The number of rotatable bonds is 6. The Balaban J connectivity index is 1.60. The van der Waals surface area contributed by atoms with Crippen LogP contribution >= 0.6 is 0 Å². The monoisotopic (exact) mass is 441 g/mol. The lowest BCUT2D eigenvalue weighted by atomic mass is 10.1. The second kappa shape index (κ2) is 8.88. The minimum atomic E-state index is -1.40. The number of halogens is 2. The van der Waals surface area contributed by atoms with Crippen molar-refractivity contribution in [1.29, 1.82) is 0 Å². The first kappa shape index (κ1) is 21.0. The van der Waals surface area contributed by atoms with E-state index in [9.17, 15) is 18.4 Å². The highest BCUT2D eigenvalue weighted by Crippen LogP contribution is 2.40. The topological polar surface area (TPSA) is 131 Å². The minimum absolute atomic E-state index is 0.121. The summed E-state index contributed by atoms with van der Waals surface area (Å²) < 4.78 is 33.1. The van der Waals surface area contributed by atoms with E-state index in [0.717, 1.165) is 25.0 Å². The molecule has 0 radical (unpaired) electrons. The molecule has 3 aromatic rings. The standard InChI is InChI=1S/C20H17F2N7O3/c1-23-18(30)15-13(5-4-12(21)16(15)22)29-20(31)32-19-17(27-11-6-24-9-25-7-11)26-8-14(28-19)10-2-3-10/h4-10H,2-3H2,1H3,(H,23,30)(H,26,27)(H,29,31). The molecular formula is C20H17F2N7O3. The molecule has 164 valence electrons. The first-order valence-corrected chi connectivity index (χ1v) is 9.54. The molecule has 1 aromatic carbocycles. The predicted octanol–water partition coefficient (Wildman–Crippen LogP) is 3.14. The number of nitrogens with zero attached hydrogens (tertiary/aromatic N) is 4. The van der Waals surface area contributed by atoms with E-state index in [1.165, 1.54) is 25.8 Å². The van der Waals surface area contributed by atoms with Crippen molar-refractivity contribution in [2.75, 3.05) is 17.7 Å². The molecule has 0 bridgehead atoms.